The van der Waals surface area contributed by atoms with Gasteiger partial charge < -0.3 is 10.2 Å². The summed E-state index contributed by atoms with van der Waals surface area (Å²) < 4.78 is 25.0. The minimum Gasteiger partial charge on any atom is -0.480 e. The Bertz CT molecular complexity index is 667. The van der Waals surface area contributed by atoms with Crippen molar-refractivity contribution < 1.29 is 28.2 Å². The van der Waals surface area contributed by atoms with Gasteiger partial charge in [0.1, 0.15) is 6.04 Å². The molecule has 0 radical (unpaired) electrons. The van der Waals surface area contributed by atoms with Gasteiger partial charge in [-0.05, 0) is 18.6 Å². The van der Waals surface area contributed by atoms with Gasteiger partial charge in [0.15, 0.2) is 9.84 Å². The molecule has 0 unspecified atom stereocenters. The summed E-state index contributed by atoms with van der Waals surface area (Å²) in [6.45, 7) is -0.389. The highest BCUT2D eigenvalue weighted by Gasteiger charge is 2.45. The normalized spacial score (nSPS) is 22.2. The number of carbonyl (C=O) groups is 2. The Kier molecular flexibility index (Phi) is 4.11. The van der Waals surface area contributed by atoms with Crippen molar-refractivity contribution in [3.63, 3.8) is 0 Å². The van der Waals surface area contributed by atoms with Crippen LogP contribution in [0.25, 0.3) is 0 Å². The van der Waals surface area contributed by atoms with E-state index in [1.54, 1.807) is 6.07 Å². The van der Waals surface area contributed by atoms with Crippen molar-refractivity contribution in [3.05, 3.63) is 29.3 Å². The van der Waals surface area contributed by atoms with Gasteiger partial charge in [-0.2, -0.15) is 0 Å². The van der Waals surface area contributed by atoms with E-state index >= 15 is 0 Å². The van der Waals surface area contributed by atoms with E-state index in [0.29, 0.717) is 4.90 Å². The highest BCUT2D eigenvalue weighted by atomic mass is 35.5. The zero-order valence-electron chi connectivity index (χ0n) is 10.6. The summed E-state index contributed by atoms with van der Waals surface area (Å²) in [4.78, 5) is 22.6. The lowest BCUT2D eigenvalue weighted by molar-refractivity contribution is -0.141. The second kappa shape index (κ2) is 5.53. The Hall–Kier alpha value is -1.80. The van der Waals surface area contributed by atoms with E-state index in [1.807, 2.05) is 0 Å². The van der Waals surface area contributed by atoms with Gasteiger partial charge in [0.2, 0.25) is 0 Å². The summed E-state index contributed by atoms with van der Waals surface area (Å²) in [6, 6.07) is 4.42. The number of likely N-dealkylation sites (tertiary alicyclic amines) is 1. The van der Waals surface area contributed by atoms with Crippen LogP contribution in [0.1, 0.15) is 6.42 Å². The molecule has 0 saturated carbocycles. The molecule has 1 heterocycles. The van der Waals surface area contributed by atoms with Gasteiger partial charge in [-0.15, -0.1) is 0 Å². The first-order chi connectivity index (χ1) is 9.75. The van der Waals surface area contributed by atoms with Crippen LogP contribution in [-0.4, -0.2) is 53.4 Å². The van der Waals surface area contributed by atoms with Crippen LogP contribution >= 0.6 is 11.6 Å². The number of sulfone groups is 1. The van der Waals surface area contributed by atoms with Crippen LogP contribution < -0.4 is 0 Å². The van der Waals surface area contributed by atoms with Crippen LogP contribution in [0.2, 0.25) is 5.02 Å². The zero-order valence-corrected chi connectivity index (χ0v) is 12.2. The Morgan fingerprint density at radius 1 is 1.24 bits per heavy atom. The predicted molar refractivity (Wildman–Crippen MR) is 73.2 cm³/mol. The monoisotopic (exact) mass is 333 g/mol. The fourth-order valence-electron chi connectivity index (χ4n) is 2.32. The number of hydrogen-bond donors (Lipinski definition) is 2. The number of hydrogen-bond acceptors (Lipinski definition) is 4. The first kappa shape index (κ1) is 15.6. The third-order valence-corrected chi connectivity index (χ3v) is 6.01. The molecule has 9 heteroatoms. The number of rotatable bonds is 3. The molecule has 2 rings (SSSR count). The zero-order chi connectivity index (χ0) is 15.8. The van der Waals surface area contributed by atoms with Crippen LogP contribution in [-0.2, 0) is 14.6 Å². The lowest BCUT2D eigenvalue weighted by Gasteiger charge is -2.16. The quantitative estimate of drug-likeness (QED) is 0.862. The van der Waals surface area contributed by atoms with Gasteiger partial charge in [-0.1, -0.05) is 23.7 Å². The molecule has 1 fully saturated rings. The molecule has 0 aliphatic carbocycles. The van der Waals surface area contributed by atoms with Crippen LogP contribution in [0.4, 0.5) is 4.79 Å². The van der Waals surface area contributed by atoms with Crippen molar-refractivity contribution in [3.8, 4) is 0 Å². The van der Waals surface area contributed by atoms with E-state index in [4.69, 9.17) is 21.8 Å². The number of nitrogens with zero attached hydrogens (tertiary/aromatic N) is 1. The van der Waals surface area contributed by atoms with Crippen LogP contribution in [0, 0.1) is 0 Å². The van der Waals surface area contributed by atoms with Crippen LogP contribution in [0.3, 0.4) is 0 Å². The van der Waals surface area contributed by atoms with Crippen LogP contribution in [0.15, 0.2) is 29.2 Å². The molecule has 0 bridgehead atoms. The molecule has 2 N–H and O–H groups in total. The fourth-order valence-corrected chi connectivity index (χ4v) is 4.54. The smallest absolute Gasteiger partial charge is 0.408 e. The summed E-state index contributed by atoms with van der Waals surface area (Å²) in [5, 5.41) is 16.9. The molecule has 1 aromatic carbocycles. The van der Waals surface area contributed by atoms with Gasteiger partial charge >= 0.3 is 12.1 Å². The minimum atomic E-state index is -3.90. The molecule has 0 spiro atoms. The Morgan fingerprint density at radius 2 is 1.86 bits per heavy atom. The maximum atomic E-state index is 12.5. The Morgan fingerprint density at radius 3 is 2.33 bits per heavy atom. The number of aliphatic carboxylic acids is 1. The molecule has 7 nitrogen and oxygen atoms in total. The SMILES string of the molecule is O=C(O)[C@@H]1C[C@H](S(=O)(=O)c2ccccc2Cl)CN1C(=O)O. The van der Waals surface area contributed by atoms with E-state index in [2.05, 4.69) is 0 Å². The minimum absolute atomic E-state index is 0.0261. The second-order valence-electron chi connectivity index (χ2n) is 4.62. The first-order valence-electron chi connectivity index (χ1n) is 5.96. The van der Waals surface area contributed by atoms with Gasteiger partial charge in [0.25, 0.3) is 0 Å². The molecule has 21 heavy (non-hydrogen) atoms. The second-order valence-corrected chi connectivity index (χ2v) is 7.23. The molecule has 114 valence electrons. The standard InChI is InChI=1S/C12H12ClNO6S/c13-8-3-1-2-4-10(8)21(19,20)7-5-9(11(15)16)14(6-7)12(17)18/h1-4,7,9H,5-6H2,(H,15,16)(H,17,18)/t7-,9-/m0/s1. The maximum absolute atomic E-state index is 12.5. The lowest BCUT2D eigenvalue weighted by atomic mass is 10.2. The summed E-state index contributed by atoms with van der Waals surface area (Å²) in [6.07, 6.45) is -1.76. The summed E-state index contributed by atoms with van der Waals surface area (Å²) in [7, 11) is -3.90. The number of amides is 1. The van der Waals surface area contributed by atoms with Crippen molar-refractivity contribution in [2.45, 2.75) is 22.6 Å². The van der Waals surface area contributed by atoms with Crippen molar-refractivity contribution in [2.75, 3.05) is 6.54 Å². The van der Waals surface area contributed by atoms with Gasteiger partial charge in [-0.3, -0.25) is 4.90 Å². The van der Waals surface area contributed by atoms with E-state index in [9.17, 15) is 18.0 Å². The van der Waals surface area contributed by atoms with Crippen molar-refractivity contribution in [2.24, 2.45) is 0 Å². The predicted octanol–water partition coefficient (Wildman–Crippen LogP) is 1.32. The number of carboxylic acid groups (broad SMARTS) is 2. The van der Waals surface area contributed by atoms with Gasteiger partial charge in [0, 0.05) is 6.54 Å². The highest BCUT2D eigenvalue weighted by Crippen LogP contribution is 2.31. The third-order valence-electron chi connectivity index (χ3n) is 3.38. The summed E-state index contributed by atoms with van der Waals surface area (Å²) >= 11 is 5.86. The van der Waals surface area contributed by atoms with E-state index in [0.717, 1.165) is 0 Å². The summed E-state index contributed by atoms with van der Waals surface area (Å²) in [5.41, 5.74) is 0. The molecular weight excluding hydrogens is 322 g/mol. The largest absolute Gasteiger partial charge is 0.480 e. The molecule has 1 saturated heterocycles. The Labute approximate surface area is 125 Å². The Balaban J connectivity index is 2.37. The average molecular weight is 334 g/mol. The molecule has 0 aromatic heterocycles. The van der Waals surface area contributed by atoms with E-state index in [1.165, 1.54) is 18.2 Å². The molecule has 1 amide bonds. The van der Waals surface area contributed by atoms with E-state index in [-0.39, 0.29) is 22.9 Å². The topological polar surface area (TPSA) is 112 Å². The average Bonchev–Trinajstić information content (AvgIpc) is 2.85. The molecule has 1 aromatic rings. The molecule has 1 aliphatic heterocycles. The molecular formula is C12H12ClNO6S. The fraction of sp³-hybridized carbons (Fsp3) is 0.333. The molecule has 2 atom stereocenters. The van der Waals surface area contributed by atoms with Crippen LogP contribution in [0.5, 0.6) is 0 Å². The van der Waals surface area contributed by atoms with E-state index < -0.39 is 33.2 Å². The van der Waals surface area contributed by atoms with Crippen molar-refractivity contribution >= 4 is 33.5 Å². The first-order valence-corrected chi connectivity index (χ1v) is 7.88. The van der Waals surface area contributed by atoms with Crippen molar-refractivity contribution in [1.82, 2.24) is 4.90 Å². The highest BCUT2D eigenvalue weighted by molar-refractivity contribution is 7.92. The van der Waals surface area contributed by atoms with Gasteiger partial charge in [0.05, 0.1) is 15.2 Å². The maximum Gasteiger partial charge on any atom is 0.408 e. The third kappa shape index (κ3) is 2.81. The number of halogens is 1. The number of carboxylic acids is 1. The molecule has 1 aliphatic rings. The lowest BCUT2D eigenvalue weighted by Crippen LogP contribution is -2.39. The van der Waals surface area contributed by atoms with Crippen molar-refractivity contribution in [1.29, 1.82) is 0 Å². The number of benzene rings is 1. The summed E-state index contributed by atoms with van der Waals surface area (Å²) in [5.74, 6) is -1.37. The van der Waals surface area contributed by atoms with Gasteiger partial charge in [-0.25, -0.2) is 18.0 Å².